The summed E-state index contributed by atoms with van der Waals surface area (Å²) in [7, 11) is 0. The van der Waals surface area contributed by atoms with Crippen LogP contribution in [-0.2, 0) is 4.74 Å². The topological polar surface area (TPSA) is 49.8 Å². The van der Waals surface area contributed by atoms with Gasteiger partial charge in [0.25, 0.3) is 0 Å². The summed E-state index contributed by atoms with van der Waals surface area (Å²) in [5.74, 6) is 0. The molecule has 0 radical (unpaired) electrons. The molecule has 1 rings (SSSR count). The smallest absolute Gasteiger partial charge is 0.410 e. The van der Waals surface area contributed by atoms with Gasteiger partial charge in [0.1, 0.15) is 5.60 Å². The summed E-state index contributed by atoms with van der Waals surface area (Å²) in [4.78, 5) is 13.2. The van der Waals surface area contributed by atoms with E-state index in [-0.39, 0.29) is 13.0 Å². The second kappa shape index (κ2) is 4.24. The lowest BCUT2D eigenvalue weighted by molar-refractivity contribution is -0.0378. The average molecular weight is 235 g/mol. The van der Waals surface area contributed by atoms with Crippen molar-refractivity contribution in [2.75, 3.05) is 13.1 Å². The molecule has 4 heteroatoms. The Hall–Kier alpha value is -0.770. The summed E-state index contributed by atoms with van der Waals surface area (Å²) in [5.41, 5.74) is -3.16. The van der Waals surface area contributed by atoms with Crippen molar-refractivity contribution < 1.29 is 22.9 Å². The minimum absolute atomic E-state index is 0.0456. The zero-order valence-corrected chi connectivity index (χ0v) is 9.91. The summed E-state index contributed by atoms with van der Waals surface area (Å²) in [6.07, 6.45) is -2.46. The van der Waals surface area contributed by atoms with Crippen molar-refractivity contribution >= 4 is 6.09 Å². The number of aliphatic hydroxyl groups is 1. The highest BCUT2D eigenvalue weighted by Gasteiger charge is 2.37. The number of amides is 1. The van der Waals surface area contributed by atoms with Gasteiger partial charge in [0.2, 0.25) is 0 Å². The summed E-state index contributed by atoms with van der Waals surface area (Å²) in [6.45, 7) is -1.48. The van der Waals surface area contributed by atoms with Gasteiger partial charge in [0.05, 0.1) is 6.10 Å². The fraction of sp³-hybridized carbons (Fsp3) is 0.917. The van der Waals surface area contributed by atoms with Gasteiger partial charge in [-0.1, -0.05) is 13.7 Å². The van der Waals surface area contributed by atoms with E-state index < -0.39 is 43.5 Å². The molecule has 0 spiro atoms. The molecule has 1 atom stereocenters. The van der Waals surface area contributed by atoms with E-state index in [4.69, 9.17) is 13.0 Å². The van der Waals surface area contributed by atoms with E-state index in [2.05, 4.69) is 0 Å². The monoisotopic (exact) mass is 235 g/mol. The number of carbonyl (C=O) groups is 1. The Balaban J connectivity index is 3.16. The normalized spacial score (nSPS) is 32.5. The Bertz CT molecular complexity index is 412. The molecule has 1 aliphatic heterocycles. The summed E-state index contributed by atoms with van der Waals surface area (Å²) in [5, 5.41) is 10.1. The van der Waals surface area contributed by atoms with E-state index in [1.54, 1.807) is 20.8 Å². The average Bonchev–Trinajstić information content (AvgIpc) is 2.23. The first kappa shape index (κ1) is 6.84. The van der Waals surface area contributed by atoms with Crippen LogP contribution >= 0.6 is 0 Å². The third kappa shape index (κ3) is 3.37. The number of likely N-dealkylation sites (tertiary alicyclic amines) is 1. The maximum absolute atomic E-state index is 12.1. The first-order chi connectivity index (χ1) is 9.62. The van der Waals surface area contributed by atoms with Gasteiger partial charge < -0.3 is 14.7 Å². The van der Waals surface area contributed by atoms with Gasteiger partial charge in [0.15, 0.2) is 0 Å². The fourth-order valence-electron chi connectivity index (χ4n) is 1.49. The molecule has 0 bridgehead atoms. The molecule has 0 aliphatic carbocycles. The van der Waals surface area contributed by atoms with E-state index >= 15 is 0 Å². The molecular formula is C12H23NO3. The Morgan fingerprint density at radius 3 is 2.69 bits per heavy atom. The van der Waals surface area contributed by atoms with E-state index in [0.717, 1.165) is 4.90 Å². The van der Waals surface area contributed by atoms with Gasteiger partial charge in [-0.3, -0.25) is 0 Å². The Kier molecular flexibility index (Phi) is 1.81. The van der Waals surface area contributed by atoms with Crippen LogP contribution in [0.15, 0.2) is 0 Å². The van der Waals surface area contributed by atoms with Gasteiger partial charge in [-0.25, -0.2) is 4.79 Å². The van der Waals surface area contributed by atoms with Crippen LogP contribution in [0.4, 0.5) is 4.79 Å². The number of rotatable bonds is 0. The number of aliphatic hydroxyl groups excluding tert-OH is 1. The van der Waals surface area contributed by atoms with Crippen molar-refractivity contribution in [3.8, 4) is 0 Å². The molecule has 1 N–H and O–H groups in total. The summed E-state index contributed by atoms with van der Waals surface area (Å²) in [6, 6.07) is 0. The van der Waals surface area contributed by atoms with Crippen LogP contribution in [0.25, 0.3) is 0 Å². The van der Waals surface area contributed by atoms with E-state index in [9.17, 15) is 9.90 Å². The molecule has 0 aromatic carbocycles. The molecule has 1 unspecified atom stereocenters. The second-order valence-electron chi connectivity index (χ2n) is 5.18. The summed E-state index contributed by atoms with van der Waals surface area (Å²) < 4.78 is 50.8. The third-order valence-electron chi connectivity index (χ3n) is 2.33. The second-order valence-corrected chi connectivity index (χ2v) is 5.18. The highest BCUT2D eigenvalue weighted by Crippen LogP contribution is 2.29. The summed E-state index contributed by atoms with van der Waals surface area (Å²) >= 11 is 0. The molecule has 0 aromatic rings. The van der Waals surface area contributed by atoms with E-state index in [0.29, 0.717) is 0 Å². The van der Waals surface area contributed by atoms with Gasteiger partial charge >= 0.3 is 6.09 Å². The van der Waals surface area contributed by atoms with Crippen molar-refractivity contribution in [1.82, 2.24) is 4.90 Å². The lowest BCUT2D eigenvalue weighted by Gasteiger charge is -2.41. The zero-order valence-electron chi connectivity index (χ0n) is 15.9. The standard InChI is InChI=1S/C12H23NO3/c1-11(2,3)16-10(15)13-7-6-9(14)12(4,5)8-13/h9,14H,6-8H2,1-5H3/i4D3,5D3. The molecule has 16 heavy (non-hydrogen) atoms. The molecule has 94 valence electrons. The van der Waals surface area contributed by atoms with Crippen molar-refractivity contribution in [2.24, 2.45) is 5.41 Å². The van der Waals surface area contributed by atoms with Crippen molar-refractivity contribution in [1.29, 1.82) is 0 Å². The predicted octanol–water partition coefficient (Wildman–Crippen LogP) is 2.01. The van der Waals surface area contributed by atoms with Crippen LogP contribution in [0.3, 0.4) is 0 Å². The van der Waals surface area contributed by atoms with Crippen molar-refractivity contribution in [3.05, 3.63) is 0 Å². The Morgan fingerprint density at radius 1 is 1.56 bits per heavy atom. The molecule has 0 saturated carbocycles. The minimum atomic E-state index is -2.95. The molecule has 1 aliphatic rings. The highest BCUT2D eigenvalue weighted by molar-refractivity contribution is 5.68. The van der Waals surface area contributed by atoms with Crippen molar-refractivity contribution in [3.63, 3.8) is 0 Å². The van der Waals surface area contributed by atoms with Gasteiger partial charge in [-0.15, -0.1) is 0 Å². The van der Waals surface area contributed by atoms with Gasteiger partial charge in [-0.05, 0) is 27.2 Å². The number of ether oxygens (including phenoxy) is 1. The Morgan fingerprint density at radius 2 is 2.19 bits per heavy atom. The third-order valence-corrected chi connectivity index (χ3v) is 2.33. The number of hydrogen-bond acceptors (Lipinski definition) is 3. The molecule has 0 aromatic heterocycles. The van der Waals surface area contributed by atoms with Crippen LogP contribution < -0.4 is 0 Å². The zero-order chi connectivity index (χ0) is 17.6. The largest absolute Gasteiger partial charge is 0.444 e. The first-order valence-electron chi connectivity index (χ1n) is 8.28. The highest BCUT2D eigenvalue weighted by atomic mass is 16.6. The van der Waals surface area contributed by atoms with E-state index in [1.807, 2.05) is 0 Å². The van der Waals surface area contributed by atoms with E-state index in [1.165, 1.54) is 0 Å². The number of nitrogens with zero attached hydrogens (tertiary/aromatic N) is 1. The molecule has 1 heterocycles. The van der Waals surface area contributed by atoms with Gasteiger partial charge in [-0.2, -0.15) is 0 Å². The molecule has 1 amide bonds. The van der Waals surface area contributed by atoms with Gasteiger partial charge in [0, 0.05) is 26.7 Å². The first-order valence-corrected chi connectivity index (χ1v) is 5.28. The number of hydrogen-bond donors (Lipinski definition) is 1. The van der Waals surface area contributed by atoms with Crippen LogP contribution in [0.5, 0.6) is 0 Å². The van der Waals surface area contributed by atoms with Crippen LogP contribution in [0.1, 0.15) is 49.1 Å². The fourth-order valence-corrected chi connectivity index (χ4v) is 1.49. The number of carbonyl (C=O) groups excluding carboxylic acids is 1. The maximum Gasteiger partial charge on any atom is 0.410 e. The molecule has 1 fully saturated rings. The lowest BCUT2D eigenvalue weighted by Crippen LogP contribution is -2.51. The maximum atomic E-state index is 12.1. The SMILES string of the molecule is [2H]C([2H])([2H])C1(C([2H])([2H])[2H])CN(C(=O)OC(C)(C)C)CCC1O. The molecule has 1 saturated heterocycles. The Labute approximate surface area is 106 Å². The van der Waals surface area contributed by atoms with Crippen LogP contribution in [-0.4, -0.2) is 40.9 Å². The predicted molar refractivity (Wildman–Crippen MR) is 62.2 cm³/mol. The quantitative estimate of drug-likeness (QED) is 0.699. The number of piperidine rings is 1. The molecular weight excluding hydrogens is 206 g/mol. The van der Waals surface area contributed by atoms with Crippen molar-refractivity contribution in [2.45, 2.75) is 52.6 Å². The van der Waals surface area contributed by atoms with Crippen LogP contribution in [0.2, 0.25) is 0 Å². The minimum Gasteiger partial charge on any atom is -0.444 e. The van der Waals surface area contributed by atoms with Crippen LogP contribution in [0, 0.1) is 5.41 Å². The lowest BCUT2D eigenvalue weighted by atomic mass is 9.81. The molecule has 4 nitrogen and oxygen atoms in total.